The largest absolute Gasteiger partial charge is 0.497 e. The van der Waals surface area contributed by atoms with Crippen molar-refractivity contribution in [1.29, 1.82) is 0 Å². The van der Waals surface area contributed by atoms with Gasteiger partial charge in [-0.2, -0.15) is 0 Å². The monoisotopic (exact) mass is 280 g/mol. The highest BCUT2D eigenvalue weighted by atomic mass is 16.5. The fraction of sp³-hybridized carbons (Fsp3) is 0.625. The van der Waals surface area contributed by atoms with Crippen molar-refractivity contribution in [2.75, 3.05) is 20.8 Å². The predicted molar refractivity (Wildman–Crippen MR) is 77.3 cm³/mol. The zero-order valence-electron chi connectivity index (χ0n) is 12.3. The molecule has 0 radical (unpaired) electrons. The minimum Gasteiger partial charge on any atom is -0.497 e. The van der Waals surface area contributed by atoms with Crippen LogP contribution < -0.4 is 9.47 Å². The third-order valence-electron chi connectivity index (χ3n) is 3.84. The number of aliphatic hydroxyl groups is 1. The molecule has 112 valence electrons. The summed E-state index contributed by atoms with van der Waals surface area (Å²) in [5.41, 5.74) is 0.711. The Balaban J connectivity index is 1.98. The van der Waals surface area contributed by atoms with Crippen molar-refractivity contribution in [2.24, 2.45) is 0 Å². The number of aliphatic hydroxyl groups excluding tert-OH is 1. The first-order valence-corrected chi connectivity index (χ1v) is 7.26. The van der Waals surface area contributed by atoms with Gasteiger partial charge in [-0.15, -0.1) is 0 Å². The molecule has 1 aromatic rings. The molecule has 1 aliphatic rings. The molecule has 20 heavy (non-hydrogen) atoms. The molecule has 0 aromatic heterocycles. The van der Waals surface area contributed by atoms with Gasteiger partial charge in [-0.1, -0.05) is 19.3 Å². The summed E-state index contributed by atoms with van der Waals surface area (Å²) >= 11 is 0. The zero-order valence-corrected chi connectivity index (χ0v) is 12.3. The summed E-state index contributed by atoms with van der Waals surface area (Å²) in [6, 6.07) is 5.42. The summed E-state index contributed by atoms with van der Waals surface area (Å²) in [5.74, 6) is 1.36. The van der Waals surface area contributed by atoms with Crippen LogP contribution in [0.3, 0.4) is 0 Å². The second-order valence-corrected chi connectivity index (χ2v) is 5.22. The number of rotatable bonds is 6. The van der Waals surface area contributed by atoms with E-state index in [1.165, 1.54) is 19.3 Å². The maximum Gasteiger partial charge on any atom is 0.125 e. The van der Waals surface area contributed by atoms with Gasteiger partial charge in [-0.05, 0) is 31.0 Å². The van der Waals surface area contributed by atoms with Gasteiger partial charge in [0.1, 0.15) is 17.6 Å². The van der Waals surface area contributed by atoms with Gasteiger partial charge in [0.25, 0.3) is 0 Å². The zero-order chi connectivity index (χ0) is 14.4. The van der Waals surface area contributed by atoms with Gasteiger partial charge in [0.15, 0.2) is 0 Å². The van der Waals surface area contributed by atoms with Crippen LogP contribution in [0, 0.1) is 0 Å². The van der Waals surface area contributed by atoms with Crippen LogP contribution in [0.25, 0.3) is 0 Å². The molecule has 2 rings (SSSR count). The smallest absolute Gasteiger partial charge is 0.125 e. The summed E-state index contributed by atoms with van der Waals surface area (Å²) < 4.78 is 16.3. The number of methoxy groups -OCH3 is 2. The fourth-order valence-corrected chi connectivity index (χ4v) is 2.65. The van der Waals surface area contributed by atoms with Crippen LogP contribution in [-0.2, 0) is 4.74 Å². The molecule has 1 N–H and O–H groups in total. The van der Waals surface area contributed by atoms with Gasteiger partial charge in [0.2, 0.25) is 0 Å². The molecule has 0 aliphatic heterocycles. The molecule has 1 aliphatic carbocycles. The molecule has 4 nitrogen and oxygen atoms in total. The van der Waals surface area contributed by atoms with Gasteiger partial charge in [0.05, 0.1) is 26.9 Å². The van der Waals surface area contributed by atoms with Gasteiger partial charge in [-0.25, -0.2) is 0 Å². The lowest BCUT2D eigenvalue weighted by atomic mass is 9.98. The predicted octanol–water partition coefficient (Wildman–Crippen LogP) is 3.09. The summed E-state index contributed by atoms with van der Waals surface area (Å²) in [7, 11) is 3.20. The molecule has 0 saturated heterocycles. The first-order chi connectivity index (χ1) is 9.74. The normalized spacial score (nSPS) is 17.8. The average Bonchev–Trinajstić information content (AvgIpc) is 2.52. The Morgan fingerprint density at radius 1 is 1.15 bits per heavy atom. The van der Waals surface area contributed by atoms with Crippen molar-refractivity contribution in [1.82, 2.24) is 0 Å². The highest BCUT2D eigenvalue weighted by molar-refractivity contribution is 5.41. The maximum absolute atomic E-state index is 10.3. The summed E-state index contributed by atoms with van der Waals surface area (Å²) in [4.78, 5) is 0. The van der Waals surface area contributed by atoms with Crippen LogP contribution in [0.5, 0.6) is 11.5 Å². The van der Waals surface area contributed by atoms with E-state index < -0.39 is 6.10 Å². The van der Waals surface area contributed by atoms with Crippen molar-refractivity contribution in [2.45, 2.75) is 44.3 Å². The van der Waals surface area contributed by atoms with E-state index in [1.54, 1.807) is 26.4 Å². The standard InChI is InChI=1S/C16H24O4/c1-18-13-8-9-16(19-2)14(10-13)15(17)11-20-12-6-4-3-5-7-12/h8-10,12,15,17H,3-7,11H2,1-2H3. The molecule has 4 heteroatoms. The second-order valence-electron chi connectivity index (χ2n) is 5.22. The Bertz CT molecular complexity index is 413. The molecule has 1 aromatic carbocycles. The summed E-state index contributed by atoms with van der Waals surface area (Å²) in [5, 5.41) is 10.3. The van der Waals surface area contributed by atoms with Crippen molar-refractivity contribution in [3.8, 4) is 11.5 Å². The third kappa shape index (κ3) is 3.87. The number of benzene rings is 1. The molecule has 1 saturated carbocycles. The van der Waals surface area contributed by atoms with Crippen molar-refractivity contribution in [3.05, 3.63) is 23.8 Å². The SMILES string of the molecule is COc1ccc(OC)c(C(O)COC2CCCCC2)c1. The lowest BCUT2D eigenvalue weighted by molar-refractivity contribution is -0.0252. The first-order valence-electron chi connectivity index (χ1n) is 7.26. The molecule has 0 heterocycles. The average molecular weight is 280 g/mol. The quantitative estimate of drug-likeness (QED) is 0.870. The first kappa shape index (κ1) is 15.1. The number of hydrogen-bond donors (Lipinski definition) is 1. The van der Waals surface area contributed by atoms with Crippen molar-refractivity contribution in [3.63, 3.8) is 0 Å². The van der Waals surface area contributed by atoms with E-state index in [-0.39, 0.29) is 6.10 Å². The molecule has 1 fully saturated rings. The Morgan fingerprint density at radius 3 is 2.55 bits per heavy atom. The van der Waals surface area contributed by atoms with Gasteiger partial charge >= 0.3 is 0 Å². The van der Waals surface area contributed by atoms with E-state index in [9.17, 15) is 5.11 Å². The van der Waals surface area contributed by atoms with E-state index in [2.05, 4.69) is 0 Å². The molecule has 1 unspecified atom stereocenters. The minimum atomic E-state index is -0.693. The van der Waals surface area contributed by atoms with Crippen LogP contribution in [0.1, 0.15) is 43.8 Å². The molecular formula is C16H24O4. The van der Waals surface area contributed by atoms with Crippen molar-refractivity contribution >= 4 is 0 Å². The Labute approximate surface area is 120 Å². The summed E-state index contributed by atoms with van der Waals surface area (Å²) in [6.45, 7) is 0.300. The highest BCUT2D eigenvalue weighted by Gasteiger charge is 2.19. The van der Waals surface area contributed by atoms with Crippen LogP contribution >= 0.6 is 0 Å². The van der Waals surface area contributed by atoms with E-state index in [0.717, 1.165) is 12.8 Å². The van der Waals surface area contributed by atoms with Crippen molar-refractivity contribution < 1.29 is 19.3 Å². The fourth-order valence-electron chi connectivity index (χ4n) is 2.65. The van der Waals surface area contributed by atoms with Crippen LogP contribution in [-0.4, -0.2) is 32.0 Å². The number of ether oxygens (including phenoxy) is 3. The lowest BCUT2D eigenvalue weighted by Crippen LogP contribution is -2.20. The van der Waals surface area contributed by atoms with E-state index in [1.807, 2.05) is 6.07 Å². The maximum atomic E-state index is 10.3. The van der Waals surface area contributed by atoms with Gasteiger partial charge in [0, 0.05) is 5.56 Å². The molecule has 0 amide bonds. The van der Waals surface area contributed by atoms with E-state index in [0.29, 0.717) is 23.7 Å². The highest BCUT2D eigenvalue weighted by Crippen LogP contribution is 2.30. The van der Waals surface area contributed by atoms with E-state index in [4.69, 9.17) is 14.2 Å². The Morgan fingerprint density at radius 2 is 1.90 bits per heavy atom. The molecule has 1 atom stereocenters. The van der Waals surface area contributed by atoms with Gasteiger partial charge in [-0.3, -0.25) is 0 Å². The lowest BCUT2D eigenvalue weighted by Gasteiger charge is -2.24. The van der Waals surface area contributed by atoms with Crippen LogP contribution in [0.15, 0.2) is 18.2 Å². The minimum absolute atomic E-state index is 0.287. The van der Waals surface area contributed by atoms with E-state index >= 15 is 0 Å². The second kappa shape index (κ2) is 7.50. The Hall–Kier alpha value is -1.26. The van der Waals surface area contributed by atoms with Gasteiger partial charge < -0.3 is 19.3 Å². The molecule has 0 spiro atoms. The Kier molecular flexibility index (Phi) is 5.68. The summed E-state index contributed by atoms with van der Waals surface area (Å²) in [6.07, 6.45) is 5.54. The number of hydrogen-bond acceptors (Lipinski definition) is 4. The topological polar surface area (TPSA) is 47.9 Å². The molecular weight excluding hydrogens is 256 g/mol. The van der Waals surface area contributed by atoms with Crippen LogP contribution in [0.4, 0.5) is 0 Å². The third-order valence-corrected chi connectivity index (χ3v) is 3.84. The van der Waals surface area contributed by atoms with Crippen LogP contribution in [0.2, 0.25) is 0 Å². The molecule has 0 bridgehead atoms.